The van der Waals surface area contributed by atoms with Gasteiger partial charge in [-0.3, -0.25) is 0 Å². The van der Waals surface area contributed by atoms with E-state index < -0.39 is 0 Å². The van der Waals surface area contributed by atoms with Crippen molar-refractivity contribution < 1.29 is 9.53 Å². The fourth-order valence-electron chi connectivity index (χ4n) is 1.36. The van der Waals surface area contributed by atoms with Crippen LogP contribution in [0.5, 0.6) is 0 Å². The van der Waals surface area contributed by atoms with E-state index in [0.717, 1.165) is 18.1 Å². The van der Waals surface area contributed by atoms with Crippen LogP contribution in [0.15, 0.2) is 12.3 Å². The number of rotatable bonds is 3. The van der Waals surface area contributed by atoms with Crippen molar-refractivity contribution in [2.45, 2.75) is 26.1 Å². The summed E-state index contributed by atoms with van der Waals surface area (Å²) in [5.74, 6) is 1.43. The molecule has 0 amide bonds. The first kappa shape index (κ1) is 12.4. The Morgan fingerprint density at radius 3 is 2.87 bits per heavy atom. The van der Waals surface area contributed by atoms with E-state index in [-0.39, 0.29) is 18.2 Å². The van der Waals surface area contributed by atoms with Crippen molar-refractivity contribution in [3.05, 3.63) is 12.3 Å². The predicted octanol–water partition coefficient (Wildman–Crippen LogP) is 0.785. The average molecular weight is 230 g/mol. The third-order valence-corrected chi connectivity index (χ3v) is 3.14. The van der Waals surface area contributed by atoms with Crippen molar-refractivity contribution >= 4 is 17.7 Å². The maximum atomic E-state index is 11.6. The molecule has 1 saturated heterocycles. The van der Waals surface area contributed by atoms with Crippen LogP contribution in [0.4, 0.5) is 0 Å². The average Bonchev–Trinajstić information content (AvgIpc) is 2.16. The van der Waals surface area contributed by atoms with Crippen molar-refractivity contribution in [2.24, 2.45) is 5.73 Å². The highest BCUT2D eigenvalue weighted by molar-refractivity contribution is 7.99. The Morgan fingerprint density at radius 1 is 1.67 bits per heavy atom. The first-order chi connectivity index (χ1) is 7.02. The number of esters is 1. The molecule has 1 rings (SSSR count). The van der Waals surface area contributed by atoms with Crippen LogP contribution in [0, 0.1) is 0 Å². The van der Waals surface area contributed by atoms with Gasteiger partial charge in [-0.2, -0.15) is 11.8 Å². The second-order valence-corrected chi connectivity index (χ2v) is 4.89. The molecule has 1 fully saturated rings. The van der Waals surface area contributed by atoms with Gasteiger partial charge in [0.25, 0.3) is 0 Å². The summed E-state index contributed by atoms with van der Waals surface area (Å²) in [6.07, 6.45) is -0.249. The molecular weight excluding hydrogens is 212 g/mol. The molecule has 0 aromatic rings. The molecule has 2 N–H and O–H groups in total. The Bertz CT molecular complexity index is 256. The monoisotopic (exact) mass is 230 g/mol. The van der Waals surface area contributed by atoms with Gasteiger partial charge in [-0.15, -0.1) is 0 Å². The Labute approximate surface area is 94.8 Å². The van der Waals surface area contributed by atoms with Gasteiger partial charge in [0.2, 0.25) is 0 Å². The second-order valence-electron chi connectivity index (χ2n) is 3.74. The first-order valence-electron chi connectivity index (χ1n) is 5.02. The third-order valence-electron chi connectivity index (χ3n) is 2.09. The number of nitrogens with two attached hydrogens (primary N) is 1. The van der Waals surface area contributed by atoms with E-state index in [1.165, 1.54) is 0 Å². The minimum Gasteiger partial charge on any atom is -0.458 e. The van der Waals surface area contributed by atoms with Gasteiger partial charge in [0, 0.05) is 18.1 Å². The van der Waals surface area contributed by atoms with Crippen LogP contribution in [0.25, 0.3) is 0 Å². The minimum absolute atomic E-state index is 0.121. The Hall–Kier alpha value is -0.680. The van der Waals surface area contributed by atoms with E-state index in [1.807, 2.05) is 18.7 Å². The highest BCUT2D eigenvalue weighted by Gasteiger charge is 2.25. The lowest BCUT2D eigenvalue weighted by Crippen LogP contribution is -2.48. The molecule has 0 aromatic carbocycles. The molecule has 1 unspecified atom stereocenters. The molecule has 4 nitrogen and oxygen atoms in total. The summed E-state index contributed by atoms with van der Waals surface area (Å²) >= 11 is 1.79. The summed E-state index contributed by atoms with van der Waals surface area (Å²) in [6, 6.07) is 0. The van der Waals surface area contributed by atoms with Crippen LogP contribution >= 0.6 is 11.8 Å². The van der Waals surface area contributed by atoms with Crippen molar-refractivity contribution in [2.75, 3.05) is 18.1 Å². The van der Waals surface area contributed by atoms with Crippen molar-refractivity contribution in [1.29, 1.82) is 0 Å². The van der Waals surface area contributed by atoms with Crippen LogP contribution in [0.3, 0.4) is 0 Å². The zero-order valence-corrected chi connectivity index (χ0v) is 10.0. The fraction of sp³-hybridized carbons (Fsp3) is 0.700. The summed E-state index contributed by atoms with van der Waals surface area (Å²) in [5.41, 5.74) is 6.26. The largest absolute Gasteiger partial charge is 0.458 e. The number of hydrogen-bond donors (Lipinski definition) is 1. The van der Waals surface area contributed by atoms with Gasteiger partial charge in [-0.1, -0.05) is 6.58 Å². The smallest absolute Gasteiger partial charge is 0.354 e. The maximum absolute atomic E-state index is 11.6. The molecule has 1 atom stereocenters. The zero-order chi connectivity index (χ0) is 11.4. The Balaban J connectivity index is 2.54. The van der Waals surface area contributed by atoms with Gasteiger partial charge >= 0.3 is 5.97 Å². The van der Waals surface area contributed by atoms with Gasteiger partial charge in [0.05, 0.1) is 12.3 Å². The maximum Gasteiger partial charge on any atom is 0.354 e. The second kappa shape index (κ2) is 5.42. The van der Waals surface area contributed by atoms with Gasteiger partial charge in [0.1, 0.15) is 5.70 Å². The molecule has 0 bridgehead atoms. The van der Waals surface area contributed by atoms with Crippen LogP contribution < -0.4 is 5.73 Å². The molecule has 15 heavy (non-hydrogen) atoms. The Kier molecular flexibility index (Phi) is 4.47. The van der Waals surface area contributed by atoms with E-state index in [0.29, 0.717) is 5.70 Å². The van der Waals surface area contributed by atoms with E-state index in [1.54, 1.807) is 11.8 Å². The van der Waals surface area contributed by atoms with E-state index >= 15 is 0 Å². The quantitative estimate of drug-likeness (QED) is 0.574. The van der Waals surface area contributed by atoms with Crippen molar-refractivity contribution in [3.63, 3.8) is 0 Å². The highest BCUT2D eigenvalue weighted by atomic mass is 32.2. The fourth-order valence-corrected chi connectivity index (χ4v) is 2.27. The summed E-state index contributed by atoms with van der Waals surface area (Å²) < 4.78 is 5.07. The summed E-state index contributed by atoms with van der Waals surface area (Å²) in [4.78, 5) is 13.4. The normalized spacial score (nSPS) is 21.6. The molecule has 0 radical (unpaired) electrons. The van der Waals surface area contributed by atoms with Crippen LogP contribution in [-0.2, 0) is 9.53 Å². The number of thioether (sulfide) groups is 1. The van der Waals surface area contributed by atoms with Crippen LogP contribution in [-0.4, -0.2) is 41.2 Å². The van der Waals surface area contributed by atoms with Crippen molar-refractivity contribution in [1.82, 2.24) is 4.90 Å². The lowest BCUT2D eigenvalue weighted by molar-refractivity contribution is -0.144. The van der Waals surface area contributed by atoms with Crippen LogP contribution in [0.1, 0.15) is 13.8 Å². The molecule has 0 aromatic heterocycles. The number of carbonyl (C=O) groups excluding carboxylic acids is 1. The molecule has 86 valence electrons. The van der Waals surface area contributed by atoms with Crippen molar-refractivity contribution in [3.8, 4) is 0 Å². The van der Waals surface area contributed by atoms with Gasteiger partial charge in [-0.25, -0.2) is 4.79 Å². The first-order valence-corrected chi connectivity index (χ1v) is 6.17. The molecule has 1 heterocycles. The highest BCUT2D eigenvalue weighted by Crippen LogP contribution is 2.18. The molecule has 1 aliphatic rings. The van der Waals surface area contributed by atoms with Gasteiger partial charge in [0.15, 0.2) is 0 Å². The SMILES string of the molecule is C=C(C(=O)OC(C)C)N1CCSCC1N. The molecule has 0 aliphatic carbocycles. The zero-order valence-electron chi connectivity index (χ0n) is 9.23. The predicted molar refractivity (Wildman–Crippen MR) is 62.4 cm³/mol. The number of nitrogens with zero attached hydrogens (tertiary/aromatic N) is 1. The van der Waals surface area contributed by atoms with E-state index in [4.69, 9.17) is 10.5 Å². The molecular formula is C10H18N2O2S. The standard InChI is InChI=1S/C10H18N2O2S/c1-7(2)14-10(13)8(3)12-4-5-15-6-9(12)11/h7,9H,3-6,11H2,1-2H3. The van der Waals surface area contributed by atoms with E-state index in [9.17, 15) is 4.79 Å². The van der Waals surface area contributed by atoms with E-state index in [2.05, 4.69) is 6.58 Å². The number of hydrogen-bond acceptors (Lipinski definition) is 5. The summed E-state index contributed by atoms with van der Waals surface area (Å²) in [5, 5.41) is 0. The minimum atomic E-state index is -0.368. The number of ether oxygens (including phenoxy) is 1. The topological polar surface area (TPSA) is 55.6 Å². The Morgan fingerprint density at radius 2 is 2.33 bits per heavy atom. The third kappa shape index (κ3) is 3.43. The lowest BCUT2D eigenvalue weighted by Gasteiger charge is -2.34. The molecule has 0 spiro atoms. The molecule has 5 heteroatoms. The molecule has 1 aliphatic heterocycles. The summed E-state index contributed by atoms with van der Waals surface area (Å²) in [7, 11) is 0. The number of carbonyl (C=O) groups is 1. The van der Waals surface area contributed by atoms with Gasteiger partial charge in [-0.05, 0) is 13.8 Å². The molecule has 0 saturated carbocycles. The van der Waals surface area contributed by atoms with Crippen LogP contribution in [0.2, 0.25) is 0 Å². The lowest BCUT2D eigenvalue weighted by atomic mass is 10.3. The van der Waals surface area contributed by atoms with Gasteiger partial charge < -0.3 is 15.4 Å². The summed E-state index contributed by atoms with van der Waals surface area (Å²) in [6.45, 7) is 8.14.